The van der Waals surface area contributed by atoms with Crippen molar-refractivity contribution in [2.45, 2.75) is 69.5 Å². The molecule has 1 fully saturated rings. The Morgan fingerprint density at radius 3 is 2.13 bits per heavy atom. The third kappa shape index (κ3) is 6.87. The van der Waals surface area contributed by atoms with Gasteiger partial charge in [0.05, 0.1) is 10.6 Å². The topological polar surface area (TPSA) is 86.8 Å². The Morgan fingerprint density at radius 1 is 0.897 bits per heavy atom. The minimum absolute atomic E-state index is 0.102. The quantitative estimate of drug-likeness (QED) is 0.369. The molecule has 7 nitrogen and oxygen atoms in total. The van der Waals surface area contributed by atoms with E-state index in [4.69, 9.17) is 0 Å². The van der Waals surface area contributed by atoms with Crippen molar-refractivity contribution in [2.24, 2.45) is 0 Å². The molecule has 1 atom stereocenters. The smallest absolute Gasteiger partial charge is 0.264 e. The van der Waals surface area contributed by atoms with E-state index < -0.39 is 28.5 Å². The van der Waals surface area contributed by atoms with Crippen LogP contribution in [0.1, 0.15) is 50.7 Å². The highest BCUT2D eigenvalue weighted by atomic mass is 32.2. The molecule has 0 radical (unpaired) electrons. The first-order chi connectivity index (χ1) is 18.8. The summed E-state index contributed by atoms with van der Waals surface area (Å²) in [5, 5.41) is 3.09. The average molecular weight is 548 g/mol. The zero-order chi connectivity index (χ0) is 27.8. The molecule has 0 bridgehead atoms. The van der Waals surface area contributed by atoms with E-state index in [0.717, 1.165) is 36.8 Å². The third-order valence-electron chi connectivity index (χ3n) is 7.32. The van der Waals surface area contributed by atoms with E-state index >= 15 is 0 Å². The van der Waals surface area contributed by atoms with Crippen LogP contribution >= 0.6 is 0 Å². The number of carbonyl (C=O) groups is 2. The zero-order valence-electron chi connectivity index (χ0n) is 22.6. The van der Waals surface area contributed by atoms with Crippen LogP contribution in [0.5, 0.6) is 0 Å². The highest BCUT2D eigenvalue weighted by Crippen LogP contribution is 2.28. The molecule has 0 spiro atoms. The molecule has 1 saturated carbocycles. The Labute approximate surface area is 231 Å². The lowest BCUT2D eigenvalue weighted by molar-refractivity contribution is -0.139. The second-order valence-electron chi connectivity index (χ2n) is 9.98. The van der Waals surface area contributed by atoms with Crippen molar-refractivity contribution in [1.82, 2.24) is 10.2 Å². The van der Waals surface area contributed by atoms with E-state index in [0.29, 0.717) is 12.1 Å². The van der Waals surface area contributed by atoms with Gasteiger partial charge in [0.25, 0.3) is 10.0 Å². The maximum atomic E-state index is 14.0. The van der Waals surface area contributed by atoms with Gasteiger partial charge in [0.2, 0.25) is 11.8 Å². The van der Waals surface area contributed by atoms with Gasteiger partial charge in [-0.25, -0.2) is 8.42 Å². The molecule has 1 aliphatic carbocycles. The summed E-state index contributed by atoms with van der Waals surface area (Å²) in [4.78, 5) is 28.9. The van der Waals surface area contributed by atoms with Crippen LogP contribution in [-0.4, -0.2) is 43.8 Å². The van der Waals surface area contributed by atoms with Crippen LogP contribution in [0.15, 0.2) is 89.8 Å². The number of carbonyl (C=O) groups excluding carboxylic acids is 2. The molecule has 3 aromatic carbocycles. The Morgan fingerprint density at radius 2 is 1.49 bits per heavy atom. The number of sulfonamides is 1. The van der Waals surface area contributed by atoms with E-state index in [-0.39, 0.29) is 23.4 Å². The molecule has 0 saturated heterocycles. The molecule has 0 aromatic heterocycles. The van der Waals surface area contributed by atoms with E-state index in [9.17, 15) is 18.0 Å². The van der Waals surface area contributed by atoms with Gasteiger partial charge in [-0.15, -0.1) is 0 Å². The van der Waals surface area contributed by atoms with Crippen LogP contribution in [0, 0.1) is 0 Å². The summed E-state index contributed by atoms with van der Waals surface area (Å²) in [6.45, 7) is 3.42. The Bertz CT molecular complexity index is 1360. The normalized spacial score (nSPS) is 14.5. The van der Waals surface area contributed by atoms with Crippen LogP contribution in [0.2, 0.25) is 0 Å². The Hall–Kier alpha value is -3.65. The number of aryl methyl sites for hydroxylation is 1. The SMILES string of the molecule is CCc1ccccc1N(CC(=O)N(Cc1ccccc1)[C@H](C)C(=O)NC1CCCC1)S(=O)(=O)c1ccccc1. The average Bonchev–Trinajstić information content (AvgIpc) is 3.48. The standard InChI is InChI=1S/C31H37N3O4S/c1-3-26-16-10-13-21-29(26)34(39(37,38)28-19-8-5-9-20-28)23-30(35)33(22-25-14-6-4-7-15-25)24(2)31(36)32-27-17-11-12-18-27/h4-10,13-16,19-21,24,27H,3,11-12,17-18,22-23H2,1-2H3,(H,32,36)/t24-/m1/s1. The summed E-state index contributed by atoms with van der Waals surface area (Å²) in [5.41, 5.74) is 2.13. The van der Waals surface area contributed by atoms with Crippen LogP contribution in [0.3, 0.4) is 0 Å². The number of nitrogens with one attached hydrogen (secondary N) is 1. The Kier molecular flexibility index (Phi) is 9.41. The molecular weight excluding hydrogens is 510 g/mol. The molecule has 8 heteroatoms. The molecule has 0 heterocycles. The van der Waals surface area contributed by atoms with Gasteiger partial charge in [0.1, 0.15) is 12.6 Å². The monoisotopic (exact) mass is 547 g/mol. The summed E-state index contributed by atoms with van der Waals surface area (Å²) in [6.07, 6.45) is 4.62. The van der Waals surface area contributed by atoms with Crippen LogP contribution in [0.25, 0.3) is 0 Å². The second-order valence-corrected chi connectivity index (χ2v) is 11.8. The van der Waals surface area contributed by atoms with Crippen molar-refractivity contribution >= 4 is 27.5 Å². The molecule has 3 aromatic rings. The van der Waals surface area contributed by atoms with Gasteiger partial charge in [-0.1, -0.05) is 86.5 Å². The highest BCUT2D eigenvalue weighted by Gasteiger charge is 2.33. The van der Waals surface area contributed by atoms with E-state index in [1.807, 2.05) is 49.4 Å². The Balaban J connectivity index is 1.69. The molecule has 1 aliphatic rings. The lowest BCUT2D eigenvalue weighted by Crippen LogP contribution is -2.52. The fourth-order valence-corrected chi connectivity index (χ4v) is 6.51. The first kappa shape index (κ1) is 28.4. The lowest BCUT2D eigenvalue weighted by Gasteiger charge is -2.33. The molecule has 1 N–H and O–H groups in total. The van der Waals surface area contributed by atoms with Gasteiger partial charge >= 0.3 is 0 Å². The molecular formula is C31H37N3O4S. The summed E-state index contributed by atoms with van der Waals surface area (Å²) >= 11 is 0. The summed E-state index contributed by atoms with van der Waals surface area (Å²) in [5.74, 6) is -0.670. The van der Waals surface area contributed by atoms with Gasteiger partial charge in [-0.2, -0.15) is 0 Å². The van der Waals surface area contributed by atoms with Crippen molar-refractivity contribution in [3.8, 4) is 0 Å². The molecule has 39 heavy (non-hydrogen) atoms. The molecule has 206 valence electrons. The van der Waals surface area contributed by atoms with Gasteiger partial charge in [-0.3, -0.25) is 13.9 Å². The number of rotatable bonds is 11. The van der Waals surface area contributed by atoms with Crippen LogP contribution in [0.4, 0.5) is 5.69 Å². The van der Waals surface area contributed by atoms with Gasteiger partial charge in [0, 0.05) is 12.6 Å². The predicted molar refractivity (Wildman–Crippen MR) is 154 cm³/mol. The molecule has 4 rings (SSSR count). The maximum Gasteiger partial charge on any atom is 0.264 e. The third-order valence-corrected chi connectivity index (χ3v) is 9.09. The maximum absolute atomic E-state index is 14.0. The van der Waals surface area contributed by atoms with Crippen molar-refractivity contribution in [2.75, 3.05) is 10.8 Å². The molecule has 2 amide bonds. The second kappa shape index (κ2) is 12.9. The van der Waals surface area contributed by atoms with Gasteiger partial charge < -0.3 is 10.2 Å². The number of anilines is 1. The fourth-order valence-electron chi connectivity index (χ4n) is 5.04. The minimum atomic E-state index is -4.07. The first-order valence-electron chi connectivity index (χ1n) is 13.6. The first-order valence-corrected chi connectivity index (χ1v) is 15.0. The highest BCUT2D eigenvalue weighted by molar-refractivity contribution is 7.92. The molecule has 0 unspecified atom stereocenters. The molecule has 0 aliphatic heterocycles. The van der Waals surface area contributed by atoms with Crippen molar-refractivity contribution < 1.29 is 18.0 Å². The number of hydrogen-bond acceptors (Lipinski definition) is 4. The van der Waals surface area contributed by atoms with Crippen molar-refractivity contribution in [1.29, 1.82) is 0 Å². The summed E-state index contributed by atoms with van der Waals surface area (Å²) in [6, 6.07) is 24.1. The van der Waals surface area contributed by atoms with E-state index in [1.54, 1.807) is 37.3 Å². The van der Waals surface area contributed by atoms with Gasteiger partial charge in [0.15, 0.2) is 0 Å². The van der Waals surface area contributed by atoms with E-state index in [2.05, 4.69) is 5.32 Å². The summed E-state index contributed by atoms with van der Waals surface area (Å²) < 4.78 is 29.0. The van der Waals surface area contributed by atoms with E-state index in [1.165, 1.54) is 21.3 Å². The number of benzene rings is 3. The van der Waals surface area contributed by atoms with Crippen molar-refractivity contribution in [3.63, 3.8) is 0 Å². The van der Waals surface area contributed by atoms with Crippen molar-refractivity contribution in [3.05, 3.63) is 96.1 Å². The van der Waals surface area contributed by atoms with Gasteiger partial charge in [-0.05, 0) is 55.5 Å². The largest absolute Gasteiger partial charge is 0.352 e. The predicted octanol–water partition coefficient (Wildman–Crippen LogP) is 4.92. The lowest BCUT2D eigenvalue weighted by atomic mass is 10.1. The van der Waals surface area contributed by atoms with Crippen LogP contribution in [-0.2, 0) is 32.6 Å². The summed E-state index contributed by atoms with van der Waals surface area (Å²) in [7, 11) is -4.07. The number of nitrogens with zero attached hydrogens (tertiary/aromatic N) is 2. The number of hydrogen-bond donors (Lipinski definition) is 1. The van der Waals surface area contributed by atoms with Crippen LogP contribution < -0.4 is 9.62 Å². The number of amides is 2. The minimum Gasteiger partial charge on any atom is -0.352 e. The number of para-hydroxylation sites is 1. The fraction of sp³-hybridized carbons (Fsp3) is 0.355. The zero-order valence-corrected chi connectivity index (χ0v) is 23.4.